The fourth-order valence-corrected chi connectivity index (χ4v) is 6.39. The van der Waals surface area contributed by atoms with E-state index in [1.807, 2.05) is 13.0 Å². The second kappa shape index (κ2) is 22.6. The summed E-state index contributed by atoms with van der Waals surface area (Å²) in [6.07, 6.45) is 26.2. The molecule has 2 rings (SSSR count). The van der Waals surface area contributed by atoms with Gasteiger partial charge in [-0.15, -0.1) is 0 Å². The molecule has 6 heteroatoms. The number of carbonyl (C=O) groups is 1. The van der Waals surface area contributed by atoms with Crippen LogP contribution in [0.1, 0.15) is 168 Å². The van der Waals surface area contributed by atoms with Crippen molar-refractivity contribution in [1.29, 1.82) is 0 Å². The van der Waals surface area contributed by atoms with Crippen LogP contribution >= 0.6 is 0 Å². The maximum absolute atomic E-state index is 11.6. The van der Waals surface area contributed by atoms with Gasteiger partial charge >= 0.3 is 5.97 Å². The maximum atomic E-state index is 11.6. The number of rotatable bonds is 26. The van der Waals surface area contributed by atoms with Gasteiger partial charge in [-0.3, -0.25) is 0 Å². The van der Waals surface area contributed by atoms with E-state index in [1.165, 1.54) is 57.8 Å². The Bertz CT molecular complexity index is 694. The second-order valence-corrected chi connectivity index (χ2v) is 12.9. The molecule has 0 aromatic heterocycles. The molecule has 1 saturated heterocycles. The van der Waals surface area contributed by atoms with Crippen LogP contribution in [0.15, 0.2) is 11.6 Å². The fraction of sp³-hybridized carbons (Fsp3) is 0.914. The van der Waals surface area contributed by atoms with Crippen molar-refractivity contribution in [2.75, 3.05) is 0 Å². The molecule has 0 bridgehead atoms. The number of hydrogen-bond acceptors (Lipinski definition) is 6. The summed E-state index contributed by atoms with van der Waals surface area (Å²) in [5.41, 5.74) is 0.828. The maximum Gasteiger partial charge on any atom is 0.334 e. The van der Waals surface area contributed by atoms with E-state index in [0.29, 0.717) is 6.42 Å². The number of esters is 1. The van der Waals surface area contributed by atoms with E-state index in [2.05, 4.69) is 6.92 Å². The predicted octanol–water partition coefficient (Wildman–Crippen LogP) is 8.09. The lowest BCUT2D eigenvalue weighted by atomic mass is 9.99. The average Bonchev–Trinajstić information content (AvgIpc) is 3.57. The minimum atomic E-state index is -0.480. The third kappa shape index (κ3) is 16.5. The Morgan fingerprint density at radius 2 is 1.12 bits per heavy atom. The minimum Gasteiger partial charge on any atom is -0.455 e. The smallest absolute Gasteiger partial charge is 0.334 e. The zero-order valence-corrected chi connectivity index (χ0v) is 26.6. The number of cyclic esters (lactones) is 1. The SMILES string of the molecule is CCCCCCCCCCCC[C@H](O)[C@H]1CC[C@@H]([C@H](O)CCCC[C@H](O)CCCCCCCC2=C[C@@H](C)OC2=O)O1. The molecular weight excluding hydrogens is 516 g/mol. The van der Waals surface area contributed by atoms with Crippen LogP contribution < -0.4 is 0 Å². The highest BCUT2D eigenvalue weighted by molar-refractivity contribution is 5.90. The van der Waals surface area contributed by atoms with Crippen LogP contribution in [-0.4, -0.2) is 57.9 Å². The van der Waals surface area contributed by atoms with Crippen molar-refractivity contribution < 1.29 is 29.6 Å². The summed E-state index contributed by atoms with van der Waals surface area (Å²) in [6, 6.07) is 0. The molecule has 240 valence electrons. The van der Waals surface area contributed by atoms with Crippen molar-refractivity contribution in [3.63, 3.8) is 0 Å². The van der Waals surface area contributed by atoms with Gasteiger partial charge in [-0.1, -0.05) is 110 Å². The van der Waals surface area contributed by atoms with Crippen molar-refractivity contribution in [2.45, 2.75) is 205 Å². The number of carbonyl (C=O) groups excluding carboxylic acids is 1. The average molecular weight is 581 g/mol. The zero-order chi connectivity index (χ0) is 29.7. The summed E-state index contributed by atoms with van der Waals surface area (Å²) in [5.74, 6) is -0.151. The van der Waals surface area contributed by atoms with E-state index >= 15 is 0 Å². The third-order valence-electron chi connectivity index (χ3n) is 9.06. The summed E-state index contributed by atoms with van der Waals surface area (Å²) in [4.78, 5) is 11.6. The molecule has 0 radical (unpaired) electrons. The summed E-state index contributed by atoms with van der Waals surface area (Å²) >= 11 is 0. The van der Waals surface area contributed by atoms with Gasteiger partial charge in [-0.2, -0.15) is 0 Å². The van der Waals surface area contributed by atoms with Gasteiger partial charge in [0.1, 0.15) is 6.10 Å². The van der Waals surface area contributed by atoms with E-state index in [0.717, 1.165) is 95.5 Å². The Morgan fingerprint density at radius 3 is 1.63 bits per heavy atom. The molecule has 3 N–H and O–H groups in total. The Hall–Kier alpha value is -0.950. The van der Waals surface area contributed by atoms with Crippen LogP contribution in [-0.2, 0) is 14.3 Å². The summed E-state index contributed by atoms with van der Waals surface area (Å²) in [5, 5.41) is 31.5. The molecule has 1 fully saturated rings. The van der Waals surface area contributed by atoms with Gasteiger partial charge < -0.3 is 24.8 Å². The van der Waals surface area contributed by atoms with Crippen molar-refractivity contribution in [2.24, 2.45) is 0 Å². The lowest BCUT2D eigenvalue weighted by Gasteiger charge is -2.22. The summed E-state index contributed by atoms with van der Waals surface area (Å²) in [7, 11) is 0. The Labute approximate surface area is 251 Å². The molecule has 2 heterocycles. The lowest BCUT2D eigenvalue weighted by molar-refractivity contribution is -0.139. The van der Waals surface area contributed by atoms with E-state index in [1.54, 1.807) is 0 Å². The first kappa shape index (κ1) is 36.2. The minimum absolute atomic E-state index is 0.0754. The standard InChI is InChI=1S/C35H64O6/c1-3-4-5-6-7-8-9-10-14-17-23-31(37)33-25-26-34(41-33)32(38)24-19-18-22-30(36)21-16-13-11-12-15-20-29-27-28(2)40-35(29)39/h27-28,30-34,36-38H,3-26H2,1-2H3/t28-,30-,31+,32-,33-,34+/m1/s1. The highest BCUT2D eigenvalue weighted by atomic mass is 16.5. The zero-order valence-electron chi connectivity index (χ0n) is 26.6. The molecule has 0 aromatic carbocycles. The molecule has 6 nitrogen and oxygen atoms in total. The number of aliphatic hydroxyl groups excluding tert-OH is 3. The van der Waals surface area contributed by atoms with Crippen LogP contribution in [0.5, 0.6) is 0 Å². The van der Waals surface area contributed by atoms with Crippen LogP contribution in [0.25, 0.3) is 0 Å². The van der Waals surface area contributed by atoms with Gasteiger partial charge in [0.25, 0.3) is 0 Å². The quantitative estimate of drug-likeness (QED) is 0.0707. The Kier molecular flexibility index (Phi) is 20.0. The first-order valence-corrected chi connectivity index (χ1v) is 17.5. The number of hydrogen-bond donors (Lipinski definition) is 3. The van der Waals surface area contributed by atoms with Gasteiger partial charge in [0, 0.05) is 5.57 Å². The highest BCUT2D eigenvalue weighted by Gasteiger charge is 2.34. The van der Waals surface area contributed by atoms with Crippen LogP contribution in [0.4, 0.5) is 0 Å². The molecule has 0 aliphatic carbocycles. The van der Waals surface area contributed by atoms with Gasteiger partial charge in [-0.05, 0) is 64.4 Å². The van der Waals surface area contributed by atoms with E-state index in [4.69, 9.17) is 9.47 Å². The number of aliphatic hydroxyl groups is 3. The lowest BCUT2D eigenvalue weighted by Crippen LogP contribution is -2.31. The molecule has 6 atom stereocenters. The van der Waals surface area contributed by atoms with Crippen molar-refractivity contribution >= 4 is 5.97 Å². The van der Waals surface area contributed by atoms with Crippen molar-refractivity contribution in [3.8, 4) is 0 Å². The molecule has 2 aliphatic heterocycles. The number of unbranched alkanes of at least 4 members (excludes halogenated alkanes) is 14. The van der Waals surface area contributed by atoms with Crippen LogP contribution in [0.2, 0.25) is 0 Å². The first-order valence-electron chi connectivity index (χ1n) is 17.5. The first-order chi connectivity index (χ1) is 19.9. The van der Waals surface area contributed by atoms with Gasteiger partial charge in [0.2, 0.25) is 0 Å². The molecule has 0 unspecified atom stereocenters. The van der Waals surface area contributed by atoms with Gasteiger partial charge in [0.05, 0.1) is 30.5 Å². The Morgan fingerprint density at radius 1 is 0.683 bits per heavy atom. The largest absolute Gasteiger partial charge is 0.455 e. The molecule has 0 amide bonds. The second-order valence-electron chi connectivity index (χ2n) is 12.9. The highest BCUT2D eigenvalue weighted by Crippen LogP contribution is 2.28. The number of ether oxygens (including phenoxy) is 2. The Balaban J connectivity index is 1.39. The fourth-order valence-electron chi connectivity index (χ4n) is 6.39. The normalized spacial score (nSPS) is 23.0. The molecule has 0 spiro atoms. The van der Waals surface area contributed by atoms with Crippen molar-refractivity contribution in [3.05, 3.63) is 11.6 Å². The van der Waals surface area contributed by atoms with E-state index in [-0.39, 0.29) is 30.4 Å². The van der Waals surface area contributed by atoms with Crippen LogP contribution in [0.3, 0.4) is 0 Å². The topological polar surface area (TPSA) is 96.2 Å². The molecule has 0 aromatic rings. The van der Waals surface area contributed by atoms with Gasteiger partial charge in [0.15, 0.2) is 0 Å². The predicted molar refractivity (Wildman–Crippen MR) is 167 cm³/mol. The summed E-state index contributed by atoms with van der Waals surface area (Å²) in [6.45, 7) is 4.15. The van der Waals surface area contributed by atoms with Crippen molar-refractivity contribution in [1.82, 2.24) is 0 Å². The van der Waals surface area contributed by atoms with E-state index in [9.17, 15) is 20.1 Å². The monoisotopic (exact) mass is 580 g/mol. The molecule has 2 aliphatic rings. The molecule has 41 heavy (non-hydrogen) atoms. The van der Waals surface area contributed by atoms with Gasteiger partial charge in [-0.25, -0.2) is 4.79 Å². The molecular formula is C35H64O6. The van der Waals surface area contributed by atoms with Crippen LogP contribution in [0, 0.1) is 0 Å². The third-order valence-corrected chi connectivity index (χ3v) is 9.06. The summed E-state index contributed by atoms with van der Waals surface area (Å²) < 4.78 is 11.2. The molecule has 0 saturated carbocycles. The van der Waals surface area contributed by atoms with E-state index < -0.39 is 12.2 Å².